The highest BCUT2D eigenvalue weighted by Crippen LogP contribution is 2.28. The van der Waals surface area contributed by atoms with Gasteiger partial charge in [-0.25, -0.2) is 0 Å². The van der Waals surface area contributed by atoms with Gasteiger partial charge in [-0.05, 0) is 12.1 Å². The first-order valence-corrected chi connectivity index (χ1v) is 5.09. The number of nitro benzene ring substituents is 1. The molecule has 1 aromatic rings. The highest BCUT2D eigenvalue weighted by atomic mass is 35.5. The first-order valence-electron chi connectivity index (χ1n) is 4.72. The Bertz CT molecular complexity index is 454. The van der Waals surface area contributed by atoms with Crippen LogP contribution in [0.25, 0.3) is 0 Å². The summed E-state index contributed by atoms with van der Waals surface area (Å²) in [6, 6.07) is 3.22. The minimum Gasteiger partial charge on any atom is -0.469 e. The Balaban J connectivity index is 0.00000289. The number of nitro groups is 1. The lowest BCUT2D eigenvalue weighted by Crippen LogP contribution is -2.17. The molecule has 1 atom stereocenters. The average Bonchev–Trinajstić information content (AvgIpc) is 2.28. The molecule has 0 heterocycles. The molecule has 100 valence electrons. The van der Waals surface area contributed by atoms with Crippen LogP contribution in [0.4, 0.5) is 5.69 Å². The molecule has 6 nitrogen and oxygen atoms in total. The van der Waals surface area contributed by atoms with Gasteiger partial charge in [-0.3, -0.25) is 14.9 Å². The van der Waals surface area contributed by atoms with E-state index in [1.165, 1.54) is 25.3 Å². The molecule has 1 aromatic carbocycles. The van der Waals surface area contributed by atoms with Crippen molar-refractivity contribution in [3.05, 3.63) is 38.9 Å². The van der Waals surface area contributed by atoms with Crippen molar-refractivity contribution in [3.8, 4) is 0 Å². The second-order valence-electron chi connectivity index (χ2n) is 3.35. The number of halogens is 2. The summed E-state index contributed by atoms with van der Waals surface area (Å²) in [6.45, 7) is 0. The summed E-state index contributed by atoms with van der Waals surface area (Å²) in [6.07, 6.45) is -0.141. The fourth-order valence-electron chi connectivity index (χ4n) is 1.36. The lowest BCUT2D eigenvalue weighted by molar-refractivity contribution is -0.385. The van der Waals surface area contributed by atoms with Gasteiger partial charge in [0.25, 0.3) is 5.69 Å². The summed E-state index contributed by atoms with van der Waals surface area (Å²) in [7, 11) is 1.22. The van der Waals surface area contributed by atoms with E-state index >= 15 is 0 Å². The van der Waals surface area contributed by atoms with Crippen molar-refractivity contribution in [1.82, 2.24) is 0 Å². The van der Waals surface area contributed by atoms with Gasteiger partial charge in [0.2, 0.25) is 0 Å². The van der Waals surface area contributed by atoms with E-state index in [-0.39, 0.29) is 30.1 Å². The van der Waals surface area contributed by atoms with Gasteiger partial charge in [-0.2, -0.15) is 0 Å². The van der Waals surface area contributed by atoms with Gasteiger partial charge in [0.05, 0.1) is 18.5 Å². The number of ether oxygens (including phenoxy) is 1. The zero-order valence-corrected chi connectivity index (χ0v) is 11.0. The number of benzene rings is 1. The molecule has 0 unspecified atom stereocenters. The van der Waals surface area contributed by atoms with Gasteiger partial charge in [0.1, 0.15) is 0 Å². The van der Waals surface area contributed by atoms with Gasteiger partial charge in [-0.1, -0.05) is 11.6 Å². The second kappa shape index (κ2) is 7.15. The molecule has 2 N–H and O–H groups in total. The monoisotopic (exact) mass is 294 g/mol. The fourth-order valence-corrected chi connectivity index (χ4v) is 1.54. The molecule has 0 aromatic heterocycles. The van der Waals surface area contributed by atoms with Crippen molar-refractivity contribution >= 4 is 35.7 Å². The molecule has 0 aliphatic heterocycles. The molecule has 1 rings (SSSR count). The number of carbonyl (C=O) groups excluding carboxylic acids is 1. The Morgan fingerprint density at radius 1 is 1.61 bits per heavy atom. The minimum atomic E-state index is -0.818. The van der Waals surface area contributed by atoms with E-state index in [4.69, 9.17) is 17.3 Å². The number of esters is 1. The molecule has 0 radical (unpaired) electrons. The summed E-state index contributed by atoms with van der Waals surface area (Å²) in [5.74, 6) is -0.535. The molecule has 0 saturated carbocycles. The molecule has 0 fully saturated rings. The average molecular weight is 295 g/mol. The predicted octanol–water partition coefficient (Wildman–Crippen LogP) is 2.23. The normalized spacial score (nSPS) is 11.3. The first kappa shape index (κ1) is 16.6. The van der Waals surface area contributed by atoms with Crippen LogP contribution in [-0.2, 0) is 9.53 Å². The van der Waals surface area contributed by atoms with Crippen molar-refractivity contribution in [2.45, 2.75) is 12.5 Å². The van der Waals surface area contributed by atoms with E-state index in [9.17, 15) is 14.9 Å². The van der Waals surface area contributed by atoms with Crippen molar-refractivity contribution in [2.24, 2.45) is 5.73 Å². The van der Waals surface area contributed by atoms with E-state index in [0.29, 0.717) is 5.02 Å². The maximum atomic E-state index is 11.1. The van der Waals surface area contributed by atoms with Crippen LogP contribution in [0, 0.1) is 10.1 Å². The van der Waals surface area contributed by atoms with Gasteiger partial charge in [0, 0.05) is 22.7 Å². The lowest BCUT2D eigenvalue weighted by atomic mass is 10.0. The number of carbonyl (C=O) groups is 1. The van der Waals surface area contributed by atoms with Crippen molar-refractivity contribution in [3.63, 3.8) is 0 Å². The number of rotatable bonds is 4. The highest BCUT2D eigenvalue weighted by molar-refractivity contribution is 6.30. The Labute approximate surface area is 115 Å². The number of hydrogen-bond acceptors (Lipinski definition) is 5. The standard InChI is InChI=1S/C10H11ClN2O4.ClH/c1-17-10(14)5-8(12)7-4-6(11)2-3-9(7)13(15)16;/h2-4,8H,5,12H2,1H3;1H/t8-;/m0./s1. The second-order valence-corrected chi connectivity index (χ2v) is 3.78. The minimum absolute atomic E-state index is 0. The molecule has 0 aliphatic carbocycles. The predicted molar refractivity (Wildman–Crippen MR) is 68.9 cm³/mol. The summed E-state index contributed by atoms with van der Waals surface area (Å²) in [5, 5.41) is 11.1. The van der Waals surface area contributed by atoms with Gasteiger partial charge >= 0.3 is 5.97 Å². The lowest BCUT2D eigenvalue weighted by Gasteiger charge is -2.11. The molecule has 18 heavy (non-hydrogen) atoms. The number of methoxy groups -OCH3 is 1. The Morgan fingerprint density at radius 3 is 2.72 bits per heavy atom. The van der Waals surface area contributed by atoms with Crippen LogP contribution in [0.3, 0.4) is 0 Å². The van der Waals surface area contributed by atoms with Crippen LogP contribution in [-0.4, -0.2) is 18.0 Å². The van der Waals surface area contributed by atoms with E-state index in [0.717, 1.165) is 0 Å². The maximum absolute atomic E-state index is 11.1. The number of nitrogens with two attached hydrogens (primary N) is 1. The summed E-state index contributed by atoms with van der Waals surface area (Å²) in [4.78, 5) is 21.3. The number of hydrogen-bond donors (Lipinski definition) is 1. The summed E-state index contributed by atoms with van der Waals surface area (Å²) in [5.41, 5.74) is 5.77. The third-order valence-corrected chi connectivity index (χ3v) is 2.44. The van der Waals surface area contributed by atoms with E-state index in [1.807, 2.05) is 0 Å². The molecular formula is C10H12Cl2N2O4. The van der Waals surface area contributed by atoms with E-state index < -0.39 is 16.9 Å². The molecule has 0 bridgehead atoms. The van der Waals surface area contributed by atoms with Crippen LogP contribution in [0.15, 0.2) is 18.2 Å². The topological polar surface area (TPSA) is 95.5 Å². The maximum Gasteiger partial charge on any atom is 0.307 e. The summed E-state index contributed by atoms with van der Waals surface area (Å²) < 4.78 is 4.45. The van der Waals surface area contributed by atoms with Crippen molar-refractivity contribution in [2.75, 3.05) is 7.11 Å². The van der Waals surface area contributed by atoms with E-state index in [1.54, 1.807) is 0 Å². The Hall–Kier alpha value is -1.37. The van der Waals surface area contributed by atoms with Crippen LogP contribution < -0.4 is 5.73 Å². The van der Waals surface area contributed by atoms with Gasteiger partial charge < -0.3 is 10.5 Å². The largest absolute Gasteiger partial charge is 0.469 e. The van der Waals surface area contributed by atoms with Crippen LogP contribution in [0.5, 0.6) is 0 Å². The van der Waals surface area contributed by atoms with Crippen LogP contribution in [0.2, 0.25) is 5.02 Å². The third-order valence-electron chi connectivity index (χ3n) is 2.20. The highest BCUT2D eigenvalue weighted by Gasteiger charge is 2.22. The van der Waals surface area contributed by atoms with E-state index in [2.05, 4.69) is 4.74 Å². The molecule has 8 heteroatoms. The van der Waals surface area contributed by atoms with Gasteiger partial charge in [-0.15, -0.1) is 12.4 Å². The number of nitrogens with zero attached hydrogens (tertiary/aromatic N) is 1. The molecule has 0 saturated heterocycles. The SMILES string of the molecule is COC(=O)C[C@H](N)c1cc(Cl)ccc1[N+](=O)[O-].Cl. The smallest absolute Gasteiger partial charge is 0.307 e. The Morgan fingerprint density at radius 2 is 2.22 bits per heavy atom. The zero-order valence-electron chi connectivity index (χ0n) is 9.46. The van der Waals surface area contributed by atoms with Crippen LogP contribution in [0.1, 0.15) is 18.0 Å². The zero-order chi connectivity index (χ0) is 13.0. The molecule has 0 amide bonds. The molecule has 0 spiro atoms. The van der Waals surface area contributed by atoms with Crippen molar-refractivity contribution in [1.29, 1.82) is 0 Å². The first-order chi connectivity index (χ1) is 7.95. The quantitative estimate of drug-likeness (QED) is 0.522. The van der Waals surface area contributed by atoms with Crippen molar-refractivity contribution < 1.29 is 14.5 Å². The molecule has 0 aliphatic rings. The van der Waals surface area contributed by atoms with Gasteiger partial charge in [0.15, 0.2) is 0 Å². The third kappa shape index (κ3) is 4.14. The van der Waals surface area contributed by atoms with Crippen LogP contribution >= 0.6 is 24.0 Å². The molecular weight excluding hydrogens is 283 g/mol. The fraction of sp³-hybridized carbons (Fsp3) is 0.300. The Kier molecular flexibility index (Phi) is 6.61. The summed E-state index contributed by atoms with van der Waals surface area (Å²) >= 11 is 5.74.